The van der Waals surface area contributed by atoms with Crippen molar-refractivity contribution in [2.24, 2.45) is 0 Å². The minimum atomic E-state index is 0.695. The second kappa shape index (κ2) is 5.19. The molecule has 0 aliphatic heterocycles. The maximum absolute atomic E-state index is 5.95. The molecule has 2 N–H and O–H groups in total. The Morgan fingerprint density at radius 3 is 2.65 bits per heavy atom. The van der Waals surface area contributed by atoms with Gasteiger partial charge in [-0.15, -0.1) is 11.8 Å². The first-order valence-corrected chi connectivity index (χ1v) is 6.73. The summed E-state index contributed by atoms with van der Waals surface area (Å²) in [6.45, 7) is 2.08. The third-order valence-corrected chi connectivity index (χ3v) is 3.23. The van der Waals surface area contributed by atoms with Gasteiger partial charge in [0.2, 0.25) is 0 Å². The molecular formula is C13H15N3S. The normalized spacial score (nSPS) is 10.5. The minimum Gasteiger partial charge on any atom is -0.397 e. The molecule has 2 heterocycles. The van der Waals surface area contributed by atoms with E-state index in [1.807, 2.05) is 36.7 Å². The summed E-state index contributed by atoms with van der Waals surface area (Å²) in [6.07, 6.45) is 4.74. The number of nitrogens with zero attached hydrogens (tertiary/aromatic N) is 2. The molecule has 0 spiro atoms. The van der Waals surface area contributed by atoms with E-state index in [4.69, 9.17) is 5.73 Å². The molecule has 0 fully saturated rings. The number of aromatic nitrogens is 2. The third-order valence-electron chi connectivity index (χ3n) is 2.57. The standard InChI is InChI=1S/C13H15N3S/c1-3-10-5-6-11(14)13(16-10)9-4-7-12(17-2)15-8-9/h4-8H,3,14H2,1-2H3. The molecule has 88 valence electrons. The topological polar surface area (TPSA) is 51.8 Å². The first-order chi connectivity index (χ1) is 8.24. The van der Waals surface area contributed by atoms with Crippen molar-refractivity contribution in [3.63, 3.8) is 0 Å². The average Bonchev–Trinajstić information content (AvgIpc) is 2.39. The van der Waals surface area contributed by atoms with Crippen LogP contribution in [0.25, 0.3) is 11.3 Å². The van der Waals surface area contributed by atoms with Crippen molar-refractivity contribution in [1.29, 1.82) is 0 Å². The van der Waals surface area contributed by atoms with Crippen molar-refractivity contribution >= 4 is 17.4 Å². The second-order valence-corrected chi connectivity index (χ2v) is 4.51. The zero-order valence-corrected chi connectivity index (χ0v) is 10.8. The predicted octanol–water partition coefficient (Wildman–Crippen LogP) is 3.01. The van der Waals surface area contributed by atoms with Crippen LogP contribution in [-0.2, 0) is 6.42 Å². The van der Waals surface area contributed by atoms with Crippen molar-refractivity contribution < 1.29 is 0 Å². The molecule has 4 heteroatoms. The minimum absolute atomic E-state index is 0.695. The molecule has 0 saturated heterocycles. The summed E-state index contributed by atoms with van der Waals surface area (Å²) < 4.78 is 0. The quantitative estimate of drug-likeness (QED) is 0.845. The molecule has 0 atom stereocenters. The fourth-order valence-corrected chi connectivity index (χ4v) is 1.94. The second-order valence-electron chi connectivity index (χ2n) is 3.68. The van der Waals surface area contributed by atoms with Gasteiger partial charge in [0.1, 0.15) is 0 Å². The van der Waals surface area contributed by atoms with E-state index in [0.717, 1.165) is 28.4 Å². The lowest BCUT2D eigenvalue weighted by molar-refractivity contribution is 1.04. The van der Waals surface area contributed by atoms with Gasteiger partial charge in [0.05, 0.1) is 16.4 Å². The molecule has 0 saturated carbocycles. The number of aryl methyl sites for hydroxylation is 1. The molecule has 0 radical (unpaired) electrons. The van der Waals surface area contributed by atoms with Crippen LogP contribution in [0, 0.1) is 0 Å². The lowest BCUT2D eigenvalue weighted by atomic mass is 10.1. The number of thioether (sulfide) groups is 1. The summed E-state index contributed by atoms with van der Waals surface area (Å²) in [5.41, 5.74) is 9.48. The van der Waals surface area contributed by atoms with Crippen LogP contribution in [0.3, 0.4) is 0 Å². The van der Waals surface area contributed by atoms with Crippen molar-refractivity contribution in [3.8, 4) is 11.3 Å². The van der Waals surface area contributed by atoms with E-state index >= 15 is 0 Å². The third kappa shape index (κ3) is 2.58. The Morgan fingerprint density at radius 2 is 2.06 bits per heavy atom. The van der Waals surface area contributed by atoms with Gasteiger partial charge < -0.3 is 5.73 Å². The maximum Gasteiger partial charge on any atom is 0.0957 e. The monoisotopic (exact) mass is 245 g/mol. The smallest absolute Gasteiger partial charge is 0.0957 e. The molecule has 0 aliphatic rings. The number of pyridine rings is 2. The van der Waals surface area contributed by atoms with Gasteiger partial charge in [0, 0.05) is 17.5 Å². The van der Waals surface area contributed by atoms with Crippen LogP contribution in [-0.4, -0.2) is 16.2 Å². The zero-order chi connectivity index (χ0) is 12.3. The van der Waals surface area contributed by atoms with Crippen LogP contribution >= 0.6 is 11.8 Å². The first-order valence-electron chi connectivity index (χ1n) is 5.50. The Labute approximate surface area is 105 Å². The Hall–Kier alpha value is -1.55. The SMILES string of the molecule is CCc1ccc(N)c(-c2ccc(SC)nc2)n1. The van der Waals surface area contributed by atoms with E-state index in [2.05, 4.69) is 16.9 Å². The van der Waals surface area contributed by atoms with Crippen LogP contribution in [0.1, 0.15) is 12.6 Å². The highest BCUT2D eigenvalue weighted by Crippen LogP contribution is 2.24. The summed E-state index contributed by atoms with van der Waals surface area (Å²) in [5.74, 6) is 0. The summed E-state index contributed by atoms with van der Waals surface area (Å²) >= 11 is 1.62. The lowest BCUT2D eigenvalue weighted by Gasteiger charge is -2.07. The number of hydrogen-bond donors (Lipinski definition) is 1. The number of anilines is 1. The van der Waals surface area contributed by atoms with Gasteiger partial charge >= 0.3 is 0 Å². The van der Waals surface area contributed by atoms with Crippen molar-refractivity contribution in [3.05, 3.63) is 36.2 Å². The lowest BCUT2D eigenvalue weighted by Crippen LogP contribution is -1.97. The van der Waals surface area contributed by atoms with Gasteiger partial charge in [-0.2, -0.15) is 0 Å². The molecule has 0 amide bonds. The van der Waals surface area contributed by atoms with Crippen LogP contribution in [0.2, 0.25) is 0 Å². The van der Waals surface area contributed by atoms with Crippen LogP contribution < -0.4 is 5.73 Å². The fourth-order valence-electron chi connectivity index (χ4n) is 1.58. The molecule has 2 rings (SSSR count). The van der Waals surface area contributed by atoms with Crippen molar-refractivity contribution in [1.82, 2.24) is 9.97 Å². The zero-order valence-electron chi connectivity index (χ0n) is 9.97. The van der Waals surface area contributed by atoms with Gasteiger partial charge in [-0.1, -0.05) is 6.92 Å². The highest BCUT2D eigenvalue weighted by atomic mass is 32.2. The molecular weight excluding hydrogens is 230 g/mol. The highest BCUT2D eigenvalue weighted by Gasteiger charge is 2.06. The molecule has 0 aliphatic carbocycles. The summed E-state index contributed by atoms with van der Waals surface area (Å²) in [6, 6.07) is 7.86. The van der Waals surface area contributed by atoms with Crippen LogP contribution in [0.5, 0.6) is 0 Å². The van der Waals surface area contributed by atoms with E-state index < -0.39 is 0 Å². The van der Waals surface area contributed by atoms with E-state index in [1.54, 1.807) is 11.8 Å². The highest BCUT2D eigenvalue weighted by molar-refractivity contribution is 7.98. The number of nitrogens with two attached hydrogens (primary N) is 1. The van der Waals surface area contributed by atoms with Crippen molar-refractivity contribution in [2.45, 2.75) is 18.4 Å². The molecule has 2 aromatic heterocycles. The van der Waals surface area contributed by atoms with Crippen LogP contribution in [0.15, 0.2) is 35.5 Å². The average molecular weight is 245 g/mol. The van der Waals surface area contributed by atoms with Gasteiger partial charge in [-0.05, 0) is 36.9 Å². The Kier molecular flexibility index (Phi) is 3.64. The summed E-state index contributed by atoms with van der Waals surface area (Å²) in [4.78, 5) is 8.88. The molecule has 0 aromatic carbocycles. The van der Waals surface area contributed by atoms with Crippen LogP contribution in [0.4, 0.5) is 5.69 Å². The van der Waals surface area contributed by atoms with E-state index in [0.29, 0.717) is 5.69 Å². The number of hydrogen-bond acceptors (Lipinski definition) is 4. The maximum atomic E-state index is 5.95. The molecule has 0 bridgehead atoms. The largest absolute Gasteiger partial charge is 0.397 e. The molecule has 0 unspecified atom stereocenters. The predicted molar refractivity (Wildman–Crippen MR) is 73.0 cm³/mol. The Balaban J connectivity index is 2.43. The van der Waals surface area contributed by atoms with Crippen molar-refractivity contribution in [2.75, 3.05) is 12.0 Å². The van der Waals surface area contributed by atoms with E-state index in [-0.39, 0.29) is 0 Å². The summed E-state index contributed by atoms with van der Waals surface area (Å²) in [5, 5.41) is 0.999. The van der Waals surface area contributed by atoms with Gasteiger partial charge in [-0.25, -0.2) is 4.98 Å². The molecule has 17 heavy (non-hydrogen) atoms. The number of nitrogen functional groups attached to an aromatic ring is 1. The molecule has 2 aromatic rings. The Morgan fingerprint density at radius 1 is 1.24 bits per heavy atom. The summed E-state index contributed by atoms with van der Waals surface area (Å²) in [7, 11) is 0. The Bertz CT molecular complexity index is 509. The van der Waals surface area contributed by atoms with E-state index in [1.165, 1.54) is 0 Å². The van der Waals surface area contributed by atoms with Gasteiger partial charge in [0.25, 0.3) is 0 Å². The first kappa shape index (κ1) is 11.9. The fraction of sp³-hybridized carbons (Fsp3) is 0.231. The van der Waals surface area contributed by atoms with Gasteiger partial charge in [0.15, 0.2) is 0 Å². The molecule has 3 nitrogen and oxygen atoms in total. The number of rotatable bonds is 3. The van der Waals surface area contributed by atoms with E-state index in [9.17, 15) is 0 Å². The van der Waals surface area contributed by atoms with Gasteiger partial charge in [-0.3, -0.25) is 4.98 Å².